The minimum absolute atomic E-state index is 0.126. The van der Waals surface area contributed by atoms with E-state index in [0.717, 1.165) is 13.0 Å². The molecule has 1 aromatic rings. The minimum Gasteiger partial charge on any atom is -0.336 e. The molecule has 1 unspecified atom stereocenters. The summed E-state index contributed by atoms with van der Waals surface area (Å²) in [6, 6.07) is 0. The molecule has 0 N–H and O–H groups in total. The third kappa shape index (κ3) is 1.64. The Balaban J connectivity index is 2.22. The Kier molecular flexibility index (Phi) is 2.26. The van der Waals surface area contributed by atoms with E-state index in [2.05, 4.69) is 10.1 Å². The van der Waals surface area contributed by atoms with Crippen molar-refractivity contribution < 1.29 is 8.91 Å². The summed E-state index contributed by atoms with van der Waals surface area (Å²) in [5, 5.41) is 3.62. The van der Waals surface area contributed by atoms with Crippen molar-refractivity contribution in [3.63, 3.8) is 0 Å². The summed E-state index contributed by atoms with van der Waals surface area (Å²) >= 11 is 0. The lowest BCUT2D eigenvalue weighted by Crippen LogP contribution is -2.41. The van der Waals surface area contributed by atoms with E-state index in [-0.39, 0.29) is 5.89 Å². The second-order valence-electron chi connectivity index (χ2n) is 3.95. The summed E-state index contributed by atoms with van der Waals surface area (Å²) < 4.78 is 19.2. The molecule has 1 atom stereocenters. The normalized spacial score (nSPS) is 29.4. The van der Waals surface area contributed by atoms with Gasteiger partial charge in [0.1, 0.15) is 0 Å². The van der Waals surface area contributed by atoms with Crippen LogP contribution in [0.1, 0.15) is 24.6 Å². The van der Waals surface area contributed by atoms with Crippen LogP contribution in [0.3, 0.4) is 0 Å². The molecule has 78 valence electrons. The number of piperidine rings is 1. The number of aromatic nitrogens is 2. The lowest BCUT2D eigenvalue weighted by atomic mass is 9.95. The molecule has 2 rings (SSSR count). The number of nitrogens with zero attached hydrogens (tertiary/aromatic N) is 3. The van der Waals surface area contributed by atoms with Crippen LogP contribution in [-0.2, 0) is 5.67 Å². The van der Waals surface area contributed by atoms with E-state index in [1.165, 1.54) is 0 Å². The van der Waals surface area contributed by atoms with Gasteiger partial charge in [0.15, 0.2) is 5.82 Å². The first-order valence-electron chi connectivity index (χ1n) is 4.78. The number of likely N-dealkylation sites (tertiary alicyclic amines) is 1. The summed E-state index contributed by atoms with van der Waals surface area (Å²) in [7, 11) is 1.90. The molecule has 0 aliphatic carbocycles. The largest absolute Gasteiger partial charge is 0.336 e. The highest BCUT2D eigenvalue weighted by atomic mass is 19.1. The average Bonchev–Trinajstić information content (AvgIpc) is 2.52. The van der Waals surface area contributed by atoms with Crippen LogP contribution in [0.2, 0.25) is 0 Å². The topological polar surface area (TPSA) is 42.2 Å². The van der Waals surface area contributed by atoms with Gasteiger partial charge in [-0.2, -0.15) is 4.98 Å². The van der Waals surface area contributed by atoms with Crippen LogP contribution in [0.5, 0.6) is 0 Å². The lowest BCUT2D eigenvalue weighted by Gasteiger charge is -2.32. The van der Waals surface area contributed by atoms with Gasteiger partial charge in [0.05, 0.1) is 0 Å². The maximum absolute atomic E-state index is 14.3. The van der Waals surface area contributed by atoms with E-state index < -0.39 is 5.67 Å². The Morgan fingerprint density at radius 3 is 2.93 bits per heavy atom. The molecule has 1 aromatic heterocycles. The van der Waals surface area contributed by atoms with E-state index in [9.17, 15) is 4.39 Å². The smallest absolute Gasteiger partial charge is 0.265 e. The fourth-order valence-corrected chi connectivity index (χ4v) is 1.87. The number of hydrogen-bond donors (Lipinski definition) is 0. The summed E-state index contributed by atoms with van der Waals surface area (Å²) in [6.45, 7) is 2.97. The first-order valence-corrected chi connectivity index (χ1v) is 4.78. The molecule has 1 aliphatic rings. The van der Waals surface area contributed by atoms with Crippen molar-refractivity contribution in [3.8, 4) is 0 Å². The molecule has 0 radical (unpaired) electrons. The minimum atomic E-state index is -1.45. The van der Waals surface area contributed by atoms with Gasteiger partial charge in [-0.15, -0.1) is 0 Å². The van der Waals surface area contributed by atoms with E-state index in [4.69, 9.17) is 4.52 Å². The Bertz CT molecular complexity index is 328. The Morgan fingerprint density at radius 2 is 2.36 bits per heavy atom. The molecule has 1 aliphatic heterocycles. The number of alkyl halides is 1. The van der Waals surface area contributed by atoms with Crippen molar-refractivity contribution in [1.82, 2.24) is 15.0 Å². The van der Waals surface area contributed by atoms with Gasteiger partial charge < -0.3 is 9.42 Å². The molecular formula is C9H14FN3O. The summed E-state index contributed by atoms with van der Waals surface area (Å²) in [6.07, 6.45) is 1.30. The summed E-state index contributed by atoms with van der Waals surface area (Å²) in [5.74, 6) is 0.617. The van der Waals surface area contributed by atoms with Gasteiger partial charge in [0, 0.05) is 6.54 Å². The van der Waals surface area contributed by atoms with Gasteiger partial charge in [-0.25, -0.2) is 4.39 Å². The standard InChI is InChI=1S/C9H14FN3O/c1-7-11-8(14-12-7)9(10)4-3-5-13(2)6-9/h3-6H2,1-2H3. The molecule has 1 saturated heterocycles. The highest BCUT2D eigenvalue weighted by Crippen LogP contribution is 2.33. The molecule has 0 aromatic carbocycles. The first kappa shape index (κ1) is 9.58. The predicted molar refractivity (Wildman–Crippen MR) is 48.6 cm³/mol. The molecule has 1 fully saturated rings. The van der Waals surface area contributed by atoms with Crippen LogP contribution in [0.4, 0.5) is 4.39 Å². The second-order valence-corrected chi connectivity index (χ2v) is 3.95. The van der Waals surface area contributed by atoms with Gasteiger partial charge >= 0.3 is 0 Å². The Labute approximate surface area is 82.1 Å². The van der Waals surface area contributed by atoms with Crippen LogP contribution >= 0.6 is 0 Å². The quantitative estimate of drug-likeness (QED) is 0.683. The zero-order chi connectivity index (χ0) is 10.2. The van der Waals surface area contributed by atoms with Crippen LogP contribution in [0.25, 0.3) is 0 Å². The number of rotatable bonds is 1. The fraction of sp³-hybridized carbons (Fsp3) is 0.778. The number of aryl methyl sites for hydroxylation is 1. The van der Waals surface area contributed by atoms with Crippen molar-refractivity contribution >= 4 is 0 Å². The zero-order valence-electron chi connectivity index (χ0n) is 8.46. The molecule has 2 heterocycles. The molecule has 14 heavy (non-hydrogen) atoms. The highest BCUT2D eigenvalue weighted by Gasteiger charge is 2.41. The van der Waals surface area contributed by atoms with Crippen molar-refractivity contribution in [3.05, 3.63) is 11.7 Å². The molecule has 4 nitrogen and oxygen atoms in total. The number of halogens is 1. The SMILES string of the molecule is Cc1noc(C2(F)CCCN(C)C2)n1. The summed E-state index contributed by atoms with van der Waals surface area (Å²) in [4.78, 5) is 5.91. The van der Waals surface area contributed by atoms with Crippen molar-refractivity contribution in [1.29, 1.82) is 0 Å². The molecule has 0 spiro atoms. The second kappa shape index (κ2) is 3.31. The van der Waals surface area contributed by atoms with E-state index >= 15 is 0 Å². The van der Waals surface area contributed by atoms with Gasteiger partial charge in [0.2, 0.25) is 5.67 Å². The lowest BCUT2D eigenvalue weighted by molar-refractivity contribution is 0.0267. The number of likely N-dealkylation sites (N-methyl/N-ethyl adjacent to an activating group) is 1. The Morgan fingerprint density at radius 1 is 1.57 bits per heavy atom. The molecular weight excluding hydrogens is 185 g/mol. The Hall–Kier alpha value is -0.970. The van der Waals surface area contributed by atoms with Crippen molar-refractivity contribution in [2.45, 2.75) is 25.4 Å². The molecule has 0 saturated carbocycles. The van der Waals surface area contributed by atoms with E-state index in [1.54, 1.807) is 6.92 Å². The van der Waals surface area contributed by atoms with Gasteiger partial charge in [-0.3, -0.25) is 0 Å². The van der Waals surface area contributed by atoms with Crippen LogP contribution in [-0.4, -0.2) is 35.2 Å². The van der Waals surface area contributed by atoms with Crippen LogP contribution in [0, 0.1) is 6.92 Å². The number of hydrogen-bond acceptors (Lipinski definition) is 4. The van der Waals surface area contributed by atoms with Crippen molar-refractivity contribution in [2.75, 3.05) is 20.1 Å². The zero-order valence-corrected chi connectivity index (χ0v) is 8.46. The third-order valence-electron chi connectivity index (χ3n) is 2.54. The predicted octanol–water partition coefficient (Wildman–Crippen LogP) is 1.27. The molecule has 5 heteroatoms. The fourth-order valence-electron chi connectivity index (χ4n) is 1.87. The summed E-state index contributed by atoms with van der Waals surface area (Å²) in [5.41, 5.74) is -1.45. The maximum Gasteiger partial charge on any atom is 0.265 e. The van der Waals surface area contributed by atoms with Gasteiger partial charge in [0.25, 0.3) is 5.89 Å². The van der Waals surface area contributed by atoms with Crippen LogP contribution < -0.4 is 0 Å². The average molecular weight is 199 g/mol. The van der Waals surface area contributed by atoms with E-state index in [1.807, 2.05) is 11.9 Å². The maximum atomic E-state index is 14.3. The van der Waals surface area contributed by atoms with E-state index in [0.29, 0.717) is 18.8 Å². The van der Waals surface area contributed by atoms with Crippen LogP contribution in [0.15, 0.2) is 4.52 Å². The van der Waals surface area contributed by atoms with Gasteiger partial charge in [-0.05, 0) is 33.4 Å². The molecule has 0 bridgehead atoms. The van der Waals surface area contributed by atoms with Gasteiger partial charge in [-0.1, -0.05) is 5.16 Å². The highest BCUT2D eigenvalue weighted by molar-refractivity contribution is 5.01. The molecule has 0 amide bonds. The monoisotopic (exact) mass is 199 g/mol. The first-order chi connectivity index (χ1) is 6.60. The van der Waals surface area contributed by atoms with Crippen molar-refractivity contribution in [2.24, 2.45) is 0 Å². The third-order valence-corrected chi connectivity index (χ3v) is 2.54.